The second-order valence-electron chi connectivity index (χ2n) is 8.49. The van der Waals surface area contributed by atoms with Crippen molar-refractivity contribution in [3.63, 3.8) is 0 Å². The zero-order valence-electron chi connectivity index (χ0n) is 18.0. The highest BCUT2D eigenvalue weighted by Gasteiger charge is 2.51. The minimum atomic E-state index is -0.646. The van der Waals surface area contributed by atoms with E-state index >= 15 is 0 Å². The van der Waals surface area contributed by atoms with Gasteiger partial charge in [-0.15, -0.1) is 0 Å². The minimum absolute atomic E-state index is 0.0968. The van der Waals surface area contributed by atoms with E-state index in [4.69, 9.17) is 4.42 Å². The monoisotopic (exact) mass is 405 g/mol. The zero-order valence-corrected chi connectivity index (χ0v) is 18.0. The first kappa shape index (κ1) is 20.0. The molecule has 156 valence electrons. The minimum Gasteiger partial charge on any atom is -0.467 e. The van der Waals surface area contributed by atoms with Crippen LogP contribution in [0.2, 0.25) is 0 Å². The maximum absolute atomic E-state index is 13.8. The first-order chi connectivity index (χ1) is 14.2. The second-order valence-corrected chi connectivity index (χ2v) is 8.49. The Morgan fingerprint density at radius 1 is 1.17 bits per heavy atom. The molecule has 0 saturated carbocycles. The molecule has 1 aromatic heterocycles. The Balaban J connectivity index is 1.96. The number of benzene rings is 1. The van der Waals surface area contributed by atoms with Crippen molar-refractivity contribution in [2.45, 2.75) is 46.2 Å². The number of nitrogens with zero attached hydrogens (tertiary/aromatic N) is 2. The fraction of sp³-hybridized carbons (Fsp3) is 0.333. The lowest BCUT2D eigenvalue weighted by molar-refractivity contribution is -0.128. The SMILES string of the molecule is CC(=O)N1c2ccccc2NC2=C(C(=O)N(CC=C(C)C)C2(C)C)C1c1ccco1. The molecule has 0 saturated heterocycles. The van der Waals surface area contributed by atoms with Crippen molar-refractivity contribution in [2.24, 2.45) is 0 Å². The quantitative estimate of drug-likeness (QED) is 0.756. The van der Waals surface area contributed by atoms with Gasteiger partial charge in [-0.2, -0.15) is 0 Å². The third kappa shape index (κ3) is 3.03. The predicted molar refractivity (Wildman–Crippen MR) is 117 cm³/mol. The van der Waals surface area contributed by atoms with E-state index in [1.54, 1.807) is 17.2 Å². The van der Waals surface area contributed by atoms with Gasteiger partial charge < -0.3 is 14.6 Å². The predicted octanol–water partition coefficient (Wildman–Crippen LogP) is 4.64. The molecule has 2 aliphatic rings. The van der Waals surface area contributed by atoms with Gasteiger partial charge in [0.25, 0.3) is 5.91 Å². The van der Waals surface area contributed by atoms with Crippen LogP contribution in [-0.4, -0.2) is 28.8 Å². The van der Waals surface area contributed by atoms with Crippen molar-refractivity contribution in [1.29, 1.82) is 0 Å². The van der Waals surface area contributed by atoms with Gasteiger partial charge in [0.15, 0.2) is 0 Å². The zero-order chi connectivity index (χ0) is 21.6. The maximum atomic E-state index is 13.8. The number of carbonyl (C=O) groups excluding carboxylic acids is 2. The van der Waals surface area contributed by atoms with Crippen LogP contribution >= 0.6 is 0 Å². The Kier molecular flexibility index (Phi) is 4.80. The molecule has 0 bridgehead atoms. The summed E-state index contributed by atoms with van der Waals surface area (Å²) in [5.74, 6) is 0.303. The Morgan fingerprint density at radius 2 is 1.90 bits per heavy atom. The lowest BCUT2D eigenvalue weighted by atomic mass is 9.95. The maximum Gasteiger partial charge on any atom is 0.255 e. The number of hydrogen-bond acceptors (Lipinski definition) is 4. The molecule has 0 radical (unpaired) electrons. The van der Waals surface area contributed by atoms with E-state index in [0.29, 0.717) is 17.9 Å². The van der Waals surface area contributed by atoms with E-state index in [-0.39, 0.29) is 11.8 Å². The lowest BCUT2D eigenvalue weighted by Crippen LogP contribution is -2.45. The van der Waals surface area contributed by atoms with E-state index < -0.39 is 11.6 Å². The van der Waals surface area contributed by atoms with Gasteiger partial charge in [0, 0.05) is 13.5 Å². The molecule has 1 atom stereocenters. The van der Waals surface area contributed by atoms with Gasteiger partial charge in [-0.05, 0) is 52.0 Å². The van der Waals surface area contributed by atoms with Crippen LogP contribution in [0.4, 0.5) is 11.4 Å². The molecule has 4 rings (SSSR count). The van der Waals surface area contributed by atoms with Crippen molar-refractivity contribution in [3.8, 4) is 0 Å². The highest BCUT2D eigenvalue weighted by molar-refractivity contribution is 6.06. The largest absolute Gasteiger partial charge is 0.467 e. The van der Waals surface area contributed by atoms with Gasteiger partial charge >= 0.3 is 0 Å². The summed E-state index contributed by atoms with van der Waals surface area (Å²) in [6.07, 6.45) is 3.62. The summed E-state index contributed by atoms with van der Waals surface area (Å²) in [4.78, 5) is 30.1. The van der Waals surface area contributed by atoms with E-state index in [1.807, 2.05) is 69.0 Å². The fourth-order valence-corrected chi connectivity index (χ4v) is 4.29. The fourth-order valence-electron chi connectivity index (χ4n) is 4.29. The van der Waals surface area contributed by atoms with Crippen LogP contribution in [-0.2, 0) is 9.59 Å². The molecule has 6 heteroatoms. The molecule has 2 amide bonds. The van der Waals surface area contributed by atoms with Crippen LogP contribution < -0.4 is 10.2 Å². The number of carbonyl (C=O) groups is 2. The molecule has 2 aliphatic heterocycles. The number of furan rings is 1. The van der Waals surface area contributed by atoms with Crippen molar-refractivity contribution >= 4 is 23.2 Å². The highest BCUT2D eigenvalue weighted by Crippen LogP contribution is 2.48. The summed E-state index contributed by atoms with van der Waals surface area (Å²) in [6.45, 7) is 10.1. The van der Waals surface area contributed by atoms with Gasteiger partial charge in [-0.1, -0.05) is 23.8 Å². The van der Waals surface area contributed by atoms with Crippen LogP contribution in [0.5, 0.6) is 0 Å². The van der Waals surface area contributed by atoms with E-state index in [9.17, 15) is 9.59 Å². The Morgan fingerprint density at radius 3 is 2.53 bits per heavy atom. The number of anilines is 2. The Labute approximate surface area is 176 Å². The van der Waals surface area contributed by atoms with E-state index in [2.05, 4.69) is 5.32 Å². The molecule has 1 unspecified atom stereocenters. The number of amides is 2. The van der Waals surface area contributed by atoms with Crippen molar-refractivity contribution in [2.75, 3.05) is 16.8 Å². The Hall–Kier alpha value is -3.28. The molecular weight excluding hydrogens is 378 g/mol. The molecule has 6 nitrogen and oxygen atoms in total. The average Bonchev–Trinajstić information content (AvgIpc) is 3.21. The third-order valence-electron chi connectivity index (χ3n) is 5.82. The van der Waals surface area contributed by atoms with Gasteiger partial charge in [-0.25, -0.2) is 0 Å². The first-order valence-corrected chi connectivity index (χ1v) is 10.1. The molecule has 3 heterocycles. The summed E-state index contributed by atoms with van der Waals surface area (Å²) in [6, 6.07) is 10.6. The van der Waals surface area contributed by atoms with Crippen LogP contribution in [0.15, 0.2) is 70.0 Å². The summed E-state index contributed by atoms with van der Waals surface area (Å²) >= 11 is 0. The number of rotatable bonds is 3. The van der Waals surface area contributed by atoms with Gasteiger partial charge in [0.05, 0.1) is 34.4 Å². The number of fused-ring (bicyclic) bond motifs is 1. The molecule has 0 fully saturated rings. The first-order valence-electron chi connectivity index (χ1n) is 10.1. The topological polar surface area (TPSA) is 65.8 Å². The number of allylic oxidation sites excluding steroid dienone is 1. The Bertz CT molecular complexity index is 1060. The van der Waals surface area contributed by atoms with Crippen LogP contribution in [0.1, 0.15) is 46.4 Å². The van der Waals surface area contributed by atoms with Crippen LogP contribution in [0.3, 0.4) is 0 Å². The third-order valence-corrected chi connectivity index (χ3v) is 5.82. The summed E-state index contributed by atoms with van der Waals surface area (Å²) in [5, 5.41) is 3.50. The smallest absolute Gasteiger partial charge is 0.255 e. The lowest BCUT2D eigenvalue weighted by Gasteiger charge is -2.35. The number of para-hydroxylation sites is 2. The molecule has 0 spiro atoms. The van der Waals surface area contributed by atoms with E-state index in [1.165, 1.54) is 6.92 Å². The van der Waals surface area contributed by atoms with Crippen molar-refractivity contribution in [1.82, 2.24) is 4.90 Å². The van der Waals surface area contributed by atoms with Crippen LogP contribution in [0.25, 0.3) is 0 Å². The summed E-state index contributed by atoms with van der Waals surface area (Å²) < 4.78 is 5.74. The number of nitrogens with one attached hydrogen (secondary N) is 1. The molecule has 1 aromatic carbocycles. The van der Waals surface area contributed by atoms with Gasteiger partial charge in [0.1, 0.15) is 11.8 Å². The van der Waals surface area contributed by atoms with Crippen molar-refractivity contribution < 1.29 is 14.0 Å². The molecule has 1 N–H and O–H groups in total. The van der Waals surface area contributed by atoms with Crippen LogP contribution in [0, 0.1) is 0 Å². The van der Waals surface area contributed by atoms with E-state index in [0.717, 1.165) is 22.6 Å². The summed E-state index contributed by atoms with van der Waals surface area (Å²) in [7, 11) is 0. The van der Waals surface area contributed by atoms with Gasteiger partial charge in [0.2, 0.25) is 5.91 Å². The molecular formula is C24H27N3O3. The average molecular weight is 405 g/mol. The second kappa shape index (κ2) is 7.20. The molecule has 30 heavy (non-hydrogen) atoms. The highest BCUT2D eigenvalue weighted by atomic mass is 16.3. The normalized spacial score (nSPS) is 19.8. The standard InChI is InChI=1S/C24H27N3O3/c1-15(2)12-13-26-23(29)20-21(19-11-8-14-30-19)27(16(3)28)18-10-7-6-9-17(18)25-22(20)24(26,4)5/h6-12,14,21,25H,13H2,1-5H3. The molecule has 2 aromatic rings. The van der Waals surface area contributed by atoms with Gasteiger partial charge in [-0.3, -0.25) is 14.5 Å². The molecule has 0 aliphatic carbocycles. The number of hydrogen-bond donors (Lipinski definition) is 1. The summed E-state index contributed by atoms with van der Waals surface area (Å²) in [5.41, 5.74) is 3.42. The van der Waals surface area contributed by atoms with Crippen molar-refractivity contribution in [3.05, 3.63) is 71.3 Å².